The Morgan fingerprint density at radius 1 is 1.07 bits per heavy atom. The smallest absolute Gasteiger partial charge is 0.337 e. The maximum Gasteiger partial charge on any atom is 0.337 e. The van der Waals surface area contributed by atoms with Gasteiger partial charge in [-0.05, 0) is 25.8 Å². The van der Waals surface area contributed by atoms with Gasteiger partial charge in [-0.25, -0.2) is 19.3 Å². The first-order chi connectivity index (χ1) is 14.4. The van der Waals surface area contributed by atoms with E-state index in [1.807, 2.05) is 13.8 Å². The number of imidazole rings is 1. The van der Waals surface area contributed by atoms with Crippen LogP contribution in [0.1, 0.15) is 64.0 Å². The Balaban J connectivity index is 2.44. The van der Waals surface area contributed by atoms with Crippen molar-refractivity contribution in [1.29, 1.82) is 0 Å². The molecule has 0 N–H and O–H groups in total. The Morgan fingerprint density at radius 2 is 1.73 bits per heavy atom. The molecule has 30 heavy (non-hydrogen) atoms. The summed E-state index contributed by atoms with van der Waals surface area (Å²) in [6, 6.07) is 3.67. The van der Waals surface area contributed by atoms with Crippen LogP contribution in [0.3, 0.4) is 0 Å². The highest BCUT2D eigenvalue weighted by Crippen LogP contribution is 2.27. The molecule has 3 heterocycles. The zero-order valence-electron chi connectivity index (χ0n) is 18.7. The summed E-state index contributed by atoms with van der Waals surface area (Å²) in [5.74, 6) is 1.29. The molecule has 3 aromatic rings. The van der Waals surface area contributed by atoms with Crippen LogP contribution in [-0.2, 0) is 13.5 Å². The van der Waals surface area contributed by atoms with Gasteiger partial charge >= 0.3 is 5.69 Å². The number of ether oxygens (including phenoxy) is 1. The first-order valence-corrected chi connectivity index (χ1v) is 10.6. The maximum absolute atomic E-state index is 13.2. The molecule has 0 spiro atoms. The molecular weight excluding hydrogens is 382 g/mol. The fourth-order valence-corrected chi connectivity index (χ4v) is 4.12. The van der Waals surface area contributed by atoms with Crippen molar-refractivity contribution in [1.82, 2.24) is 23.7 Å². The second kappa shape index (κ2) is 8.85. The molecule has 8 heteroatoms. The van der Waals surface area contributed by atoms with E-state index in [0.29, 0.717) is 34.8 Å². The SMILES string of the molecule is CCCC(CCC)n1c(CC)nc2c1c(=O)n(C)c(=O)n2-c1ccc(OC)nc1C. The van der Waals surface area contributed by atoms with Gasteiger partial charge in [0.05, 0.1) is 18.5 Å². The fraction of sp³-hybridized carbons (Fsp3) is 0.545. The normalized spacial score (nSPS) is 11.6. The molecule has 162 valence electrons. The first kappa shape index (κ1) is 21.8. The Kier molecular flexibility index (Phi) is 6.43. The van der Waals surface area contributed by atoms with Gasteiger partial charge in [0.15, 0.2) is 11.2 Å². The molecule has 0 radical (unpaired) electrons. The minimum Gasteiger partial charge on any atom is -0.481 e. The molecule has 0 fully saturated rings. The number of aromatic nitrogens is 5. The Bertz CT molecular complexity index is 1170. The second-order valence-corrected chi connectivity index (χ2v) is 7.60. The van der Waals surface area contributed by atoms with E-state index in [2.05, 4.69) is 23.4 Å². The number of nitrogens with zero attached hydrogens (tertiary/aromatic N) is 5. The van der Waals surface area contributed by atoms with E-state index in [-0.39, 0.29) is 11.6 Å². The predicted molar refractivity (Wildman–Crippen MR) is 118 cm³/mol. The number of hydrogen-bond acceptors (Lipinski definition) is 5. The van der Waals surface area contributed by atoms with E-state index >= 15 is 0 Å². The number of aryl methyl sites for hydroxylation is 2. The molecule has 0 bridgehead atoms. The maximum atomic E-state index is 13.2. The highest BCUT2D eigenvalue weighted by atomic mass is 16.5. The van der Waals surface area contributed by atoms with Gasteiger partial charge in [0, 0.05) is 25.6 Å². The zero-order valence-corrected chi connectivity index (χ0v) is 18.7. The molecule has 0 saturated carbocycles. The van der Waals surface area contributed by atoms with E-state index in [1.54, 1.807) is 19.2 Å². The van der Waals surface area contributed by atoms with Crippen LogP contribution in [0.4, 0.5) is 0 Å². The van der Waals surface area contributed by atoms with Crippen molar-refractivity contribution in [2.75, 3.05) is 7.11 Å². The Hall–Kier alpha value is -2.90. The van der Waals surface area contributed by atoms with E-state index in [9.17, 15) is 9.59 Å². The van der Waals surface area contributed by atoms with Gasteiger partial charge in [0.2, 0.25) is 5.88 Å². The van der Waals surface area contributed by atoms with E-state index in [0.717, 1.165) is 31.5 Å². The third kappa shape index (κ3) is 3.55. The van der Waals surface area contributed by atoms with Crippen molar-refractivity contribution in [3.05, 3.63) is 44.5 Å². The van der Waals surface area contributed by atoms with Crippen LogP contribution >= 0.6 is 0 Å². The lowest BCUT2D eigenvalue weighted by molar-refractivity contribution is 0.397. The molecule has 8 nitrogen and oxygen atoms in total. The first-order valence-electron chi connectivity index (χ1n) is 10.6. The summed E-state index contributed by atoms with van der Waals surface area (Å²) < 4.78 is 9.94. The highest BCUT2D eigenvalue weighted by Gasteiger charge is 2.25. The Labute approximate surface area is 176 Å². The summed E-state index contributed by atoms with van der Waals surface area (Å²) >= 11 is 0. The van der Waals surface area contributed by atoms with Crippen molar-refractivity contribution < 1.29 is 4.74 Å². The molecule has 0 aromatic carbocycles. The number of pyridine rings is 1. The third-order valence-corrected chi connectivity index (χ3v) is 5.57. The van der Waals surface area contributed by atoms with E-state index < -0.39 is 5.69 Å². The van der Waals surface area contributed by atoms with Crippen LogP contribution in [0.5, 0.6) is 5.88 Å². The molecular formula is C22H31N5O3. The predicted octanol–water partition coefficient (Wildman–Crippen LogP) is 3.30. The second-order valence-electron chi connectivity index (χ2n) is 7.60. The van der Waals surface area contributed by atoms with E-state index in [1.165, 1.54) is 16.2 Å². The minimum absolute atomic E-state index is 0.175. The van der Waals surface area contributed by atoms with Gasteiger partial charge in [-0.1, -0.05) is 33.6 Å². The van der Waals surface area contributed by atoms with Crippen LogP contribution < -0.4 is 16.0 Å². The fourth-order valence-electron chi connectivity index (χ4n) is 4.12. The summed E-state index contributed by atoms with van der Waals surface area (Å²) in [6.07, 6.45) is 4.61. The largest absolute Gasteiger partial charge is 0.481 e. The van der Waals surface area contributed by atoms with Crippen LogP contribution in [0.15, 0.2) is 21.7 Å². The zero-order chi connectivity index (χ0) is 22.0. The van der Waals surface area contributed by atoms with Crippen LogP contribution in [0, 0.1) is 6.92 Å². The molecule has 0 atom stereocenters. The number of hydrogen-bond donors (Lipinski definition) is 0. The van der Waals surface area contributed by atoms with Crippen molar-refractivity contribution in [3.63, 3.8) is 0 Å². The molecule has 0 saturated heterocycles. The van der Waals surface area contributed by atoms with Gasteiger partial charge in [-0.15, -0.1) is 0 Å². The molecule has 3 rings (SSSR count). The van der Waals surface area contributed by atoms with Gasteiger partial charge in [-0.3, -0.25) is 9.36 Å². The van der Waals surface area contributed by atoms with Gasteiger partial charge in [0.1, 0.15) is 5.82 Å². The lowest BCUT2D eigenvalue weighted by Gasteiger charge is -2.20. The topological polar surface area (TPSA) is 83.9 Å². The number of rotatable bonds is 8. The van der Waals surface area contributed by atoms with Crippen molar-refractivity contribution in [3.8, 4) is 11.6 Å². The third-order valence-electron chi connectivity index (χ3n) is 5.57. The van der Waals surface area contributed by atoms with Gasteiger partial charge in [0.25, 0.3) is 5.56 Å². The molecule has 0 aliphatic rings. The lowest BCUT2D eigenvalue weighted by atomic mass is 10.1. The summed E-state index contributed by atoms with van der Waals surface area (Å²) in [5.41, 5.74) is 1.36. The van der Waals surface area contributed by atoms with Gasteiger partial charge in [-0.2, -0.15) is 0 Å². The summed E-state index contributed by atoms with van der Waals surface area (Å²) in [5, 5.41) is 0. The van der Waals surface area contributed by atoms with Crippen molar-refractivity contribution in [2.24, 2.45) is 7.05 Å². The monoisotopic (exact) mass is 413 g/mol. The summed E-state index contributed by atoms with van der Waals surface area (Å²) in [4.78, 5) is 35.6. The average molecular weight is 414 g/mol. The molecule has 3 aromatic heterocycles. The van der Waals surface area contributed by atoms with Crippen LogP contribution in [-0.4, -0.2) is 30.8 Å². The minimum atomic E-state index is -0.433. The highest BCUT2D eigenvalue weighted by molar-refractivity contribution is 5.74. The molecule has 0 unspecified atom stereocenters. The Morgan fingerprint density at radius 3 is 2.27 bits per heavy atom. The van der Waals surface area contributed by atoms with Crippen LogP contribution in [0.25, 0.3) is 16.9 Å². The van der Waals surface area contributed by atoms with Crippen molar-refractivity contribution >= 4 is 11.2 Å². The molecule has 0 aliphatic carbocycles. The van der Waals surface area contributed by atoms with E-state index in [4.69, 9.17) is 9.72 Å². The van der Waals surface area contributed by atoms with Crippen LogP contribution in [0.2, 0.25) is 0 Å². The van der Waals surface area contributed by atoms with Crippen molar-refractivity contribution in [2.45, 2.75) is 65.8 Å². The number of methoxy groups -OCH3 is 1. The average Bonchev–Trinajstić information content (AvgIpc) is 3.12. The summed E-state index contributed by atoms with van der Waals surface area (Å²) in [6.45, 7) is 8.14. The lowest BCUT2D eigenvalue weighted by Crippen LogP contribution is -2.38. The van der Waals surface area contributed by atoms with Gasteiger partial charge < -0.3 is 9.30 Å². The standard InChI is InChI=1S/C22H31N5O3/c1-7-10-15(11-8-2)26-17(9-3)24-20-19(26)21(28)25(5)22(29)27(20)16-12-13-18(30-6)23-14(16)4/h12-13,15H,7-11H2,1-6H3. The molecule has 0 aliphatic heterocycles. The quantitative estimate of drug-likeness (QED) is 0.566. The number of fused-ring (bicyclic) bond motifs is 1. The molecule has 0 amide bonds. The summed E-state index contributed by atoms with van der Waals surface area (Å²) in [7, 11) is 3.07.